The van der Waals surface area contributed by atoms with Gasteiger partial charge in [-0.3, -0.25) is 14.5 Å². The third-order valence-electron chi connectivity index (χ3n) is 7.34. The molecule has 35 heavy (non-hydrogen) atoms. The van der Waals surface area contributed by atoms with E-state index in [4.69, 9.17) is 4.74 Å². The Hall–Kier alpha value is -3.34. The number of urea groups is 1. The number of ether oxygens (including phenoxy) is 1. The standard InChI is InChI=1S/C24H28FN5O5/c1-15-20(28-35-27-15)21(31)29-10-8-17(9-11-29)24(13-16-4-6-18(25)7-5-16)22(32)30(23(33)26-24)14-19-3-2-12-34-19/h4-7,17,19H,2-3,8-14H2,1H3,(H,26,33)/t19-,24+/m0/s1. The number of likely N-dealkylation sites (tertiary alicyclic amines) is 1. The lowest BCUT2D eigenvalue weighted by atomic mass is 9.73. The molecule has 5 rings (SSSR count). The van der Waals surface area contributed by atoms with Crippen molar-refractivity contribution < 1.29 is 28.1 Å². The number of aromatic nitrogens is 2. The van der Waals surface area contributed by atoms with Crippen molar-refractivity contribution in [2.75, 3.05) is 26.2 Å². The summed E-state index contributed by atoms with van der Waals surface area (Å²) in [7, 11) is 0. The molecule has 186 valence electrons. The van der Waals surface area contributed by atoms with Gasteiger partial charge in [-0.05, 0) is 61.4 Å². The predicted molar refractivity (Wildman–Crippen MR) is 120 cm³/mol. The lowest BCUT2D eigenvalue weighted by molar-refractivity contribution is -0.135. The smallest absolute Gasteiger partial charge is 0.325 e. The maximum atomic E-state index is 13.8. The highest BCUT2D eigenvalue weighted by Gasteiger charge is 2.56. The molecule has 0 radical (unpaired) electrons. The molecule has 2 atom stereocenters. The second kappa shape index (κ2) is 9.37. The van der Waals surface area contributed by atoms with Gasteiger partial charge in [0.15, 0.2) is 5.69 Å². The molecule has 4 heterocycles. The zero-order valence-corrected chi connectivity index (χ0v) is 19.5. The van der Waals surface area contributed by atoms with Crippen LogP contribution in [0.25, 0.3) is 0 Å². The summed E-state index contributed by atoms with van der Waals surface area (Å²) in [5, 5.41) is 10.4. The number of amides is 4. The van der Waals surface area contributed by atoms with E-state index in [1.807, 2.05) is 0 Å². The van der Waals surface area contributed by atoms with Crippen molar-refractivity contribution >= 4 is 17.8 Å². The van der Waals surface area contributed by atoms with Crippen molar-refractivity contribution in [3.05, 3.63) is 47.0 Å². The van der Waals surface area contributed by atoms with Gasteiger partial charge in [-0.1, -0.05) is 17.3 Å². The molecule has 1 aromatic heterocycles. The van der Waals surface area contributed by atoms with Gasteiger partial charge >= 0.3 is 6.03 Å². The third-order valence-corrected chi connectivity index (χ3v) is 7.34. The highest BCUT2D eigenvalue weighted by molar-refractivity contribution is 6.07. The number of halogens is 1. The van der Waals surface area contributed by atoms with E-state index in [1.54, 1.807) is 24.0 Å². The van der Waals surface area contributed by atoms with Gasteiger partial charge in [-0.15, -0.1) is 0 Å². The highest BCUT2D eigenvalue weighted by atomic mass is 19.1. The van der Waals surface area contributed by atoms with E-state index in [2.05, 4.69) is 20.3 Å². The zero-order chi connectivity index (χ0) is 24.6. The first-order valence-corrected chi connectivity index (χ1v) is 12.0. The van der Waals surface area contributed by atoms with E-state index in [1.165, 1.54) is 17.0 Å². The van der Waals surface area contributed by atoms with Gasteiger partial charge in [-0.25, -0.2) is 13.8 Å². The van der Waals surface area contributed by atoms with Crippen molar-refractivity contribution in [3.8, 4) is 0 Å². The Labute approximate surface area is 201 Å². The van der Waals surface area contributed by atoms with E-state index in [0.29, 0.717) is 38.2 Å². The Morgan fingerprint density at radius 3 is 2.54 bits per heavy atom. The third kappa shape index (κ3) is 4.40. The molecule has 0 saturated carbocycles. The number of carbonyl (C=O) groups excluding carboxylic acids is 3. The highest BCUT2D eigenvalue weighted by Crippen LogP contribution is 2.37. The van der Waals surface area contributed by atoms with Gasteiger partial charge in [-0.2, -0.15) is 0 Å². The van der Waals surface area contributed by atoms with Crippen LogP contribution in [0.1, 0.15) is 47.4 Å². The molecule has 2 aromatic rings. The molecule has 0 aliphatic carbocycles. The molecular weight excluding hydrogens is 457 g/mol. The quantitative estimate of drug-likeness (QED) is 0.623. The fraction of sp³-hybridized carbons (Fsp3) is 0.542. The molecule has 4 amide bonds. The van der Waals surface area contributed by atoms with E-state index < -0.39 is 11.6 Å². The van der Waals surface area contributed by atoms with Crippen LogP contribution in [0.5, 0.6) is 0 Å². The summed E-state index contributed by atoms with van der Waals surface area (Å²) in [5.41, 5.74) is 0.181. The first kappa shape index (κ1) is 23.4. The van der Waals surface area contributed by atoms with Crippen LogP contribution in [0.4, 0.5) is 9.18 Å². The van der Waals surface area contributed by atoms with Gasteiger partial charge in [0.05, 0.1) is 12.6 Å². The summed E-state index contributed by atoms with van der Waals surface area (Å²) in [6, 6.07) is 5.54. The average molecular weight is 486 g/mol. The first-order valence-electron chi connectivity index (χ1n) is 12.0. The fourth-order valence-electron chi connectivity index (χ4n) is 5.42. The average Bonchev–Trinajstić information content (AvgIpc) is 3.58. The number of hydrogen-bond acceptors (Lipinski definition) is 7. The van der Waals surface area contributed by atoms with Gasteiger partial charge in [0, 0.05) is 26.1 Å². The van der Waals surface area contributed by atoms with Gasteiger partial charge in [0.1, 0.15) is 17.1 Å². The van der Waals surface area contributed by atoms with Crippen LogP contribution in [0.15, 0.2) is 28.9 Å². The fourth-order valence-corrected chi connectivity index (χ4v) is 5.42. The number of hydrogen-bond donors (Lipinski definition) is 1. The Balaban J connectivity index is 1.37. The number of carbonyl (C=O) groups is 3. The van der Waals surface area contributed by atoms with Crippen LogP contribution >= 0.6 is 0 Å². The molecule has 0 spiro atoms. The summed E-state index contributed by atoms with van der Waals surface area (Å²) >= 11 is 0. The molecule has 3 aliphatic heterocycles. The lowest BCUT2D eigenvalue weighted by Gasteiger charge is -2.41. The minimum absolute atomic E-state index is 0.162. The number of aryl methyl sites for hydroxylation is 1. The second-order valence-corrected chi connectivity index (χ2v) is 9.52. The number of benzene rings is 1. The van der Waals surface area contributed by atoms with Gasteiger partial charge in [0.2, 0.25) is 0 Å². The molecular formula is C24H28FN5O5. The Bertz CT molecular complexity index is 1110. The summed E-state index contributed by atoms with van der Waals surface area (Å²) in [6.07, 6.45) is 2.81. The maximum Gasteiger partial charge on any atom is 0.325 e. The van der Waals surface area contributed by atoms with Crippen LogP contribution < -0.4 is 5.32 Å². The summed E-state index contributed by atoms with van der Waals surface area (Å²) < 4.78 is 23.9. The molecule has 0 unspecified atom stereocenters. The Kier molecular flexibility index (Phi) is 6.26. The maximum absolute atomic E-state index is 13.8. The first-order chi connectivity index (χ1) is 16.9. The van der Waals surface area contributed by atoms with Gasteiger partial charge < -0.3 is 15.0 Å². The van der Waals surface area contributed by atoms with Crippen molar-refractivity contribution in [2.24, 2.45) is 5.92 Å². The minimum atomic E-state index is -1.17. The van der Waals surface area contributed by atoms with Crippen molar-refractivity contribution in [2.45, 2.75) is 50.7 Å². The van der Waals surface area contributed by atoms with Crippen LogP contribution in [-0.2, 0) is 16.0 Å². The SMILES string of the molecule is Cc1nonc1C(=O)N1CCC([C@@]2(Cc3ccc(F)cc3)NC(=O)N(C[C@@H]3CCCO3)C2=O)CC1. The molecule has 10 nitrogen and oxygen atoms in total. The predicted octanol–water partition coefficient (Wildman–Crippen LogP) is 2.08. The van der Waals surface area contributed by atoms with E-state index in [0.717, 1.165) is 18.4 Å². The van der Waals surface area contributed by atoms with Crippen LogP contribution in [-0.4, -0.2) is 75.8 Å². The van der Waals surface area contributed by atoms with Crippen molar-refractivity contribution in [1.29, 1.82) is 0 Å². The number of rotatable bonds is 6. The molecule has 1 N–H and O–H groups in total. The minimum Gasteiger partial charge on any atom is -0.376 e. The number of nitrogens with zero attached hydrogens (tertiary/aromatic N) is 4. The Morgan fingerprint density at radius 1 is 1.17 bits per heavy atom. The molecule has 11 heteroatoms. The number of imide groups is 1. The number of nitrogens with one attached hydrogen (secondary N) is 1. The summed E-state index contributed by atoms with van der Waals surface area (Å²) in [6.45, 7) is 3.29. The number of piperidine rings is 1. The van der Waals surface area contributed by atoms with Gasteiger partial charge in [0.25, 0.3) is 11.8 Å². The monoisotopic (exact) mass is 485 g/mol. The second-order valence-electron chi connectivity index (χ2n) is 9.52. The molecule has 3 saturated heterocycles. The van der Waals surface area contributed by atoms with Crippen LogP contribution in [0, 0.1) is 18.7 Å². The molecule has 3 fully saturated rings. The normalized spacial score (nSPS) is 25.4. The molecule has 1 aromatic carbocycles. The van der Waals surface area contributed by atoms with Crippen molar-refractivity contribution in [1.82, 2.24) is 25.4 Å². The summed E-state index contributed by atoms with van der Waals surface area (Å²) in [4.78, 5) is 42.6. The Morgan fingerprint density at radius 2 is 1.91 bits per heavy atom. The van der Waals surface area contributed by atoms with Crippen LogP contribution in [0.2, 0.25) is 0 Å². The van der Waals surface area contributed by atoms with E-state index >= 15 is 0 Å². The van der Waals surface area contributed by atoms with Crippen molar-refractivity contribution in [3.63, 3.8) is 0 Å². The molecule has 3 aliphatic rings. The molecule has 0 bridgehead atoms. The zero-order valence-electron chi connectivity index (χ0n) is 19.5. The van der Waals surface area contributed by atoms with E-state index in [-0.39, 0.29) is 48.3 Å². The largest absolute Gasteiger partial charge is 0.376 e. The van der Waals surface area contributed by atoms with Crippen LogP contribution in [0.3, 0.4) is 0 Å². The lowest BCUT2D eigenvalue weighted by Crippen LogP contribution is -2.58. The topological polar surface area (TPSA) is 118 Å². The summed E-state index contributed by atoms with van der Waals surface area (Å²) in [5.74, 6) is -1.13. The van der Waals surface area contributed by atoms with E-state index in [9.17, 15) is 18.8 Å².